The van der Waals surface area contributed by atoms with Gasteiger partial charge in [-0.15, -0.1) is 0 Å². The van der Waals surface area contributed by atoms with Gasteiger partial charge in [0.05, 0.1) is 61.4 Å². The lowest BCUT2D eigenvalue weighted by atomic mass is 10.0. The number of hydrogen-bond acceptors (Lipinski definition) is 12. The van der Waals surface area contributed by atoms with E-state index in [4.69, 9.17) is 42.4 Å². The summed E-state index contributed by atoms with van der Waals surface area (Å²) in [6.45, 7) is 1.17. The molecule has 1 atom stereocenters. The van der Waals surface area contributed by atoms with Crippen LogP contribution in [0, 0.1) is 0 Å². The third-order valence-corrected chi connectivity index (χ3v) is 9.79. The molecule has 302 valence electrons. The molecule has 1 amide bonds. The zero-order chi connectivity index (χ0) is 40.1. The molecule has 1 aliphatic heterocycles. The van der Waals surface area contributed by atoms with E-state index in [2.05, 4.69) is 15.8 Å². The predicted octanol–water partition coefficient (Wildman–Crippen LogP) is 9.10. The number of nitrogens with one attached hydrogen (secondary N) is 2. The Bertz CT molecular complexity index is 2090. The molecule has 13 nitrogen and oxygen atoms in total. The van der Waals surface area contributed by atoms with Gasteiger partial charge in [-0.05, 0) is 79.1 Å². The Labute approximate surface area is 333 Å². The Hall–Kier alpha value is -6.24. The Morgan fingerprint density at radius 1 is 0.561 bits per heavy atom. The number of amides is 1. The number of carbonyl (C=O) groups is 1. The molecule has 0 saturated carbocycles. The van der Waals surface area contributed by atoms with Crippen LogP contribution in [0.3, 0.4) is 0 Å². The average molecular weight is 782 g/mol. The molecule has 0 aliphatic carbocycles. The number of unbranched alkanes of at least 4 members (excludes halogenated alkanes) is 6. The number of methoxy groups -OCH3 is 6. The van der Waals surface area contributed by atoms with Gasteiger partial charge in [0.1, 0.15) is 17.6 Å². The molecule has 5 aromatic rings. The molecule has 1 unspecified atom stereocenters. The third-order valence-electron chi connectivity index (χ3n) is 9.79. The summed E-state index contributed by atoms with van der Waals surface area (Å²) in [6.07, 6.45) is 7.03. The van der Waals surface area contributed by atoms with Crippen LogP contribution in [0.25, 0.3) is 22.6 Å². The van der Waals surface area contributed by atoms with Crippen molar-refractivity contribution < 1.29 is 47.2 Å². The molecular formula is C44H51N3O10. The highest BCUT2D eigenvalue weighted by atomic mass is 16.5. The molecule has 4 aromatic carbocycles. The second kappa shape index (κ2) is 19.6. The maximum absolute atomic E-state index is 12.8. The highest BCUT2D eigenvalue weighted by Gasteiger charge is 2.26. The first-order chi connectivity index (χ1) is 27.9. The number of hydrogen-bond donors (Lipinski definition) is 2. The van der Waals surface area contributed by atoms with Gasteiger partial charge in [0, 0.05) is 22.9 Å². The summed E-state index contributed by atoms with van der Waals surface area (Å²) in [5, 5.41) is 10.7. The maximum atomic E-state index is 12.8. The van der Waals surface area contributed by atoms with E-state index in [0.717, 1.165) is 67.3 Å². The minimum atomic E-state index is -0.398. The maximum Gasteiger partial charge on any atom is 0.255 e. The molecule has 6 rings (SSSR count). The van der Waals surface area contributed by atoms with Crippen LogP contribution in [0.2, 0.25) is 0 Å². The van der Waals surface area contributed by atoms with Crippen LogP contribution in [-0.2, 0) is 0 Å². The van der Waals surface area contributed by atoms with Crippen LogP contribution < -0.4 is 48.5 Å². The van der Waals surface area contributed by atoms with E-state index in [0.29, 0.717) is 76.2 Å². The van der Waals surface area contributed by atoms with Crippen LogP contribution in [0.4, 0.5) is 5.69 Å². The van der Waals surface area contributed by atoms with Crippen LogP contribution >= 0.6 is 0 Å². The summed E-state index contributed by atoms with van der Waals surface area (Å²) in [4.78, 5) is 12.8. The van der Waals surface area contributed by atoms with E-state index < -0.39 is 6.17 Å². The van der Waals surface area contributed by atoms with E-state index in [-0.39, 0.29) is 5.91 Å². The van der Waals surface area contributed by atoms with Crippen LogP contribution in [0.5, 0.6) is 46.0 Å². The number of benzene rings is 4. The molecule has 13 heteroatoms. The van der Waals surface area contributed by atoms with Crippen molar-refractivity contribution in [3.05, 3.63) is 83.9 Å². The second-order valence-electron chi connectivity index (χ2n) is 13.4. The van der Waals surface area contributed by atoms with Crippen molar-refractivity contribution in [2.75, 3.05) is 61.2 Å². The van der Waals surface area contributed by atoms with Gasteiger partial charge < -0.3 is 53.1 Å². The highest BCUT2D eigenvalue weighted by Crippen LogP contribution is 2.42. The normalized spacial score (nSPS) is 13.2. The van der Waals surface area contributed by atoms with E-state index >= 15 is 0 Å². The quantitative estimate of drug-likeness (QED) is 0.0686. The number of aromatic nitrogens is 1. The summed E-state index contributed by atoms with van der Waals surface area (Å²) in [6, 6.07) is 22.3. The summed E-state index contributed by atoms with van der Waals surface area (Å²) < 4.78 is 50.9. The standard InChI is InChI=1S/C44H51N3O10/c1-49-31-16-17-33-32(26-31)44(48)46-43(45-33)29-15-19-36(38(23-29)51-3)55-20-12-10-8-7-9-11-13-21-56-39-22-28(14-18-35(39)50-2)34-27-37(57-47-34)30-24-40(52-4)42(54-6)41(25-30)53-5/h14-19,22-27,43,45H,7-13,20-21H2,1-6H3,(H,46,48). The number of fused-ring (bicyclic) bond motifs is 1. The average Bonchev–Trinajstić information content (AvgIpc) is 3.75. The fraction of sp³-hybridized carbons (Fsp3) is 0.364. The van der Waals surface area contributed by atoms with Crippen molar-refractivity contribution in [1.29, 1.82) is 0 Å². The lowest BCUT2D eigenvalue weighted by molar-refractivity contribution is 0.0935. The van der Waals surface area contributed by atoms with Gasteiger partial charge in [0.15, 0.2) is 40.3 Å². The molecular weight excluding hydrogens is 730 g/mol. The lowest BCUT2D eigenvalue weighted by Gasteiger charge is -2.28. The minimum Gasteiger partial charge on any atom is -0.497 e. The molecule has 2 heterocycles. The smallest absolute Gasteiger partial charge is 0.255 e. The van der Waals surface area contributed by atoms with Gasteiger partial charge in [0.25, 0.3) is 5.91 Å². The molecule has 2 N–H and O–H groups in total. The van der Waals surface area contributed by atoms with Gasteiger partial charge in [-0.3, -0.25) is 4.79 Å². The fourth-order valence-corrected chi connectivity index (χ4v) is 6.69. The number of carbonyl (C=O) groups excluding carboxylic acids is 1. The van der Waals surface area contributed by atoms with Crippen molar-refractivity contribution in [3.8, 4) is 68.6 Å². The fourth-order valence-electron chi connectivity index (χ4n) is 6.69. The zero-order valence-electron chi connectivity index (χ0n) is 33.4. The Morgan fingerprint density at radius 3 is 1.84 bits per heavy atom. The number of nitrogens with zero attached hydrogens (tertiary/aromatic N) is 1. The molecule has 0 saturated heterocycles. The monoisotopic (exact) mass is 781 g/mol. The number of ether oxygens (including phenoxy) is 8. The summed E-state index contributed by atoms with van der Waals surface area (Å²) in [5.41, 5.74) is 4.39. The molecule has 0 fully saturated rings. The van der Waals surface area contributed by atoms with Crippen molar-refractivity contribution in [2.45, 2.75) is 51.1 Å². The third kappa shape index (κ3) is 9.77. The zero-order valence-corrected chi connectivity index (χ0v) is 33.4. The van der Waals surface area contributed by atoms with E-state index in [1.165, 1.54) is 0 Å². The van der Waals surface area contributed by atoms with E-state index in [9.17, 15) is 4.79 Å². The first-order valence-electron chi connectivity index (χ1n) is 19.0. The topological polar surface area (TPSA) is 141 Å². The Morgan fingerprint density at radius 2 is 1.19 bits per heavy atom. The van der Waals surface area contributed by atoms with E-state index in [1.54, 1.807) is 48.7 Å². The first kappa shape index (κ1) is 40.4. The number of anilines is 1. The van der Waals surface area contributed by atoms with Crippen molar-refractivity contribution >= 4 is 11.6 Å². The molecule has 0 spiro atoms. The highest BCUT2D eigenvalue weighted by molar-refractivity contribution is 6.02. The van der Waals surface area contributed by atoms with Gasteiger partial charge in [-0.2, -0.15) is 0 Å². The molecule has 57 heavy (non-hydrogen) atoms. The predicted molar refractivity (Wildman–Crippen MR) is 217 cm³/mol. The second-order valence-corrected chi connectivity index (χ2v) is 13.4. The van der Waals surface area contributed by atoms with Gasteiger partial charge in [0.2, 0.25) is 5.75 Å². The van der Waals surface area contributed by atoms with Gasteiger partial charge in [-0.1, -0.05) is 43.3 Å². The summed E-state index contributed by atoms with van der Waals surface area (Å²) >= 11 is 0. The molecule has 1 aromatic heterocycles. The molecule has 0 radical (unpaired) electrons. The van der Waals surface area contributed by atoms with Crippen LogP contribution in [0.15, 0.2) is 77.3 Å². The van der Waals surface area contributed by atoms with Crippen molar-refractivity contribution in [1.82, 2.24) is 10.5 Å². The summed E-state index contributed by atoms with van der Waals surface area (Å²) in [5.74, 6) is 5.18. The lowest BCUT2D eigenvalue weighted by Crippen LogP contribution is -2.38. The van der Waals surface area contributed by atoms with Crippen molar-refractivity contribution in [2.24, 2.45) is 0 Å². The van der Waals surface area contributed by atoms with Crippen LogP contribution in [-0.4, -0.2) is 66.9 Å². The van der Waals surface area contributed by atoms with Gasteiger partial charge in [-0.25, -0.2) is 0 Å². The Balaban J connectivity index is 0.899. The molecule has 1 aliphatic rings. The van der Waals surface area contributed by atoms with Crippen LogP contribution in [0.1, 0.15) is 67.0 Å². The minimum absolute atomic E-state index is 0.169. The first-order valence-corrected chi connectivity index (χ1v) is 19.0. The Kier molecular flexibility index (Phi) is 13.9. The number of rotatable bonds is 21. The van der Waals surface area contributed by atoms with Crippen molar-refractivity contribution in [3.63, 3.8) is 0 Å². The van der Waals surface area contributed by atoms with Gasteiger partial charge >= 0.3 is 0 Å². The van der Waals surface area contributed by atoms with E-state index in [1.807, 2.05) is 66.7 Å². The summed E-state index contributed by atoms with van der Waals surface area (Å²) in [7, 11) is 9.54. The SMILES string of the molecule is COc1ccc2c(c1)C(=O)NC(c1ccc(OCCCCCCCCCOc3cc(-c4cc(-c5cc(OC)c(OC)c(OC)c5)on4)ccc3OC)c(OC)c1)N2. The molecule has 0 bridgehead atoms. The largest absolute Gasteiger partial charge is 0.497 e.